The maximum atomic E-state index is 6.05. The Morgan fingerprint density at radius 1 is 1.05 bits per heavy atom. The summed E-state index contributed by atoms with van der Waals surface area (Å²) in [6.07, 6.45) is 5.78. The number of rotatable bonds is 8. The first-order valence-corrected chi connectivity index (χ1v) is 8.04. The van der Waals surface area contributed by atoms with Gasteiger partial charge >= 0.3 is 0 Å². The average molecular weight is 273 g/mol. The number of benzene rings is 1. The van der Waals surface area contributed by atoms with E-state index in [0.29, 0.717) is 6.04 Å². The van der Waals surface area contributed by atoms with Crippen LogP contribution in [0.1, 0.15) is 63.8 Å². The first-order valence-electron chi connectivity index (χ1n) is 8.04. The Kier molecular flexibility index (Phi) is 5.66. The van der Waals surface area contributed by atoms with Gasteiger partial charge in [0.25, 0.3) is 0 Å². The van der Waals surface area contributed by atoms with E-state index in [4.69, 9.17) is 4.42 Å². The van der Waals surface area contributed by atoms with Gasteiger partial charge in [0.15, 0.2) is 0 Å². The van der Waals surface area contributed by atoms with Gasteiger partial charge in [-0.25, -0.2) is 0 Å². The molecule has 110 valence electrons. The van der Waals surface area contributed by atoms with E-state index >= 15 is 0 Å². The summed E-state index contributed by atoms with van der Waals surface area (Å²) in [7, 11) is 0. The molecule has 0 aliphatic rings. The number of aryl methyl sites for hydroxylation is 1. The Balaban J connectivity index is 2.23. The lowest BCUT2D eigenvalue weighted by Crippen LogP contribution is -2.21. The molecule has 0 spiro atoms. The number of fused-ring (bicyclic) bond motifs is 1. The minimum atomic E-state index is 0.349. The molecule has 20 heavy (non-hydrogen) atoms. The lowest BCUT2D eigenvalue weighted by atomic mass is 10.1. The molecule has 1 heterocycles. The second-order valence-corrected chi connectivity index (χ2v) is 5.57. The van der Waals surface area contributed by atoms with E-state index in [0.717, 1.165) is 37.2 Å². The standard InChI is InChI=1S/C18H27NO/c1-4-7-14-9-10-17-15(12-14)13-18(20-17)16(8-5-2)19-11-6-3/h9-10,12-13,16,19H,4-8,11H2,1-3H3. The topological polar surface area (TPSA) is 25.2 Å². The Morgan fingerprint density at radius 3 is 2.60 bits per heavy atom. The molecular weight excluding hydrogens is 246 g/mol. The number of hydrogen-bond acceptors (Lipinski definition) is 2. The van der Waals surface area contributed by atoms with Crippen LogP contribution in [0, 0.1) is 0 Å². The van der Waals surface area contributed by atoms with Crippen LogP contribution in [-0.4, -0.2) is 6.54 Å². The van der Waals surface area contributed by atoms with Crippen LogP contribution in [0.15, 0.2) is 28.7 Å². The van der Waals surface area contributed by atoms with Crippen LogP contribution in [0.5, 0.6) is 0 Å². The Morgan fingerprint density at radius 2 is 1.90 bits per heavy atom. The highest BCUT2D eigenvalue weighted by Crippen LogP contribution is 2.27. The molecule has 2 rings (SSSR count). The molecule has 0 saturated carbocycles. The van der Waals surface area contributed by atoms with Gasteiger partial charge in [-0.15, -0.1) is 0 Å². The molecule has 0 aliphatic carbocycles. The highest BCUT2D eigenvalue weighted by molar-refractivity contribution is 5.78. The fraction of sp³-hybridized carbons (Fsp3) is 0.556. The van der Waals surface area contributed by atoms with Gasteiger partial charge in [0.2, 0.25) is 0 Å². The van der Waals surface area contributed by atoms with E-state index in [9.17, 15) is 0 Å². The van der Waals surface area contributed by atoms with Gasteiger partial charge in [0.1, 0.15) is 11.3 Å². The molecule has 0 amide bonds. The maximum absolute atomic E-state index is 6.05. The fourth-order valence-corrected chi connectivity index (χ4v) is 2.68. The SMILES string of the molecule is CCCNC(CCC)c1cc2cc(CCC)ccc2o1. The molecule has 1 aromatic carbocycles. The Bertz CT molecular complexity index is 529. The number of nitrogens with one attached hydrogen (secondary N) is 1. The van der Waals surface area contributed by atoms with Gasteiger partial charge in [0, 0.05) is 5.39 Å². The summed E-state index contributed by atoms with van der Waals surface area (Å²) in [6.45, 7) is 7.69. The first-order chi connectivity index (χ1) is 9.78. The highest BCUT2D eigenvalue weighted by atomic mass is 16.3. The number of hydrogen-bond donors (Lipinski definition) is 1. The molecule has 2 heteroatoms. The molecule has 2 nitrogen and oxygen atoms in total. The summed E-state index contributed by atoms with van der Waals surface area (Å²) >= 11 is 0. The van der Waals surface area contributed by atoms with Crippen molar-refractivity contribution in [2.24, 2.45) is 0 Å². The minimum absolute atomic E-state index is 0.349. The van der Waals surface area contributed by atoms with Gasteiger partial charge in [-0.2, -0.15) is 0 Å². The molecule has 1 unspecified atom stereocenters. The van der Waals surface area contributed by atoms with E-state index in [1.807, 2.05) is 0 Å². The van der Waals surface area contributed by atoms with E-state index in [2.05, 4.69) is 50.4 Å². The predicted octanol–water partition coefficient (Wildman–Crippen LogP) is 5.23. The molecule has 0 saturated heterocycles. The molecule has 1 N–H and O–H groups in total. The van der Waals surface area contributed by atoms with Crippen LogP contribution in [0.2, 0.25) is 0 Å². The quantitative estimate of drug-likeness (QED) is 0.712. The summed E-state index contributed by atoms with van der Waals surface area (Å²) in [5.74, 6) is 1.09. The van der Waals surface area contributed by atoms with Crippen molar-refractivity contribution in [2.45, 2.75) is 58.9 Å². The Labute approximate surface area is 122 Å². The molecule has 2 aromatic rings. The van der Waals surface area contributed by atoms with Crippen molar-refractivity contribution in [1.29, 1.82) is 0 Å². The zero-order chi connectivity index (χ0) is 14.4. The summed E-state index contributed by atoms with van der Waals surface area (Å²) in [6, 6.07) is 9.15. The summed E-state index contributed by atoms with van der Waals surface area (Å²) in [5.41, 5.74) is 2.42. The summed E-state index contributed by atoms with van der Waals surface area (Å²) < 4.78 is 6.05. The van der Waals surface area contributed by atoms with Crippen LogP contribution in [-0.2, 0) is 6.42 Å². The van der Waals surface area contributed by atoms with Crippen LogP contribution in [0.3, 0.4) is 0 Å². The van der Waals surface area contributed by atoms with Gasteiger partial charge < -0.3 is 9.73 Å². The van der Waals surface area contributed by atoms with Gasteiger partial charge in [-0.1, -0.05) is 39.7 Å². The maximum Gasteiger partial charge on any atom is 0.134 e. The fourth-order valence-electron chi connectivity index (χ4n) is 2.68. The summed E-state index contributed by atoms with van der Waals surface area (Å²) in [5, 5.41) is 4.83. The van der Waals surface area contributed by atoms with Crippen molar-refractivity contribution >= 4 is 11.0 Å². The van der Waals surface area contributed by atoms with Gasteiger partial charge in [-0.05, 0) is 49.6 Å². The molecule has 0 aliphatic heterocycles. The lowest BCUT2D eigenvalue weighted by Gasteiger charge is -2.14. The van der Waals surface area contributed by atoms with Crippen molar-refractivity contribution in [3.05, 3.63) is 35.6 Å². The molecule has 1 aromatic heterocycles. The minimum Gasteiger partial charge on any atom is -0.459 e. The number of furan rings is 1. The van der Waals surface area contributed by atoms with Crippen LogP contribution >= 0.6 is 0 Å². The van der Waals surface area contributed by atoms with E-state index < -0.39 is 0 Å². The molecule has 1 atom stereocenters. The third-order valence-electron chi connectivity index (χ3n) is 3.70. The monoisotopic (exact) mass is 273 g/mol. The molecule has 0 radical (unpaired) electrons. The van der Waals surface area contributed by atoms with E-state index in [1.54, 1.807) is 0 Å². The predicted molar refractivity (Wildman–Crippen MR) is 86.2 cm³/mol. The van der Waals surface area contributed by atoms with Crippen molar-refractivity contribution in [2.75, 3.05) is 6.54 Å². The van der Waals surface area contributed by atoms with E-state index in [1.165, 1.54) is 23.8 Å². The molecule has 0 fully saturated rings. The molecular formula is C18H27NO. The normalized spacial score (nSPS) is 12.9. The highest BCUT2D eigenvalue weighted by Gasteiger charge is 2.14. The van der Waals surface area contributed by atoms with Crippen LogP contribution in [0.25, 0.3) is 11.0 Å². The lowest BCUT2D eigenvalue weighted by molar-refractivity contribution is 0.408. The third kappa shape index (κ3) is 3.63. The average Bonchev–Trinajstić information content (AvgIpc) is 2.86. The Hall–Kier alpha value is -1.28. The largest absolute Gasteiger partial charge is 0.459 e. The van der Waals surface area contributed by atoms with Crippen LogP contribution in [0.4, 0.5) is 0 Å². The van der Waals surface area contributed by atoms with Gasteiger partial charge in [0.05, 0.1) is 6.04 Å². The van der Waals surface area contributed by atoms with Crippen molar-refractivity contribution in [1.82, 2.24) is 5.32 Å². The van der Waals surface area contributed by atoms with E-state index in [-0.39, 0.29) is 0 Å². The smallest absolute Gasteiger partial charge is 0.134 e. The second kappa shape index (κ2) is 7.49. The van der Waals surface area contributed by atoms with Gasteiger partial charge in [-0.3, -0.25) is 0 Å². The summed E-state index contributed by atoms with van der Waals surface area (Å²) in [4.78, 5) is 0. The first kappa shape index (κ1) is 15.1. The van der Waals surface area contributed by atoms with Crippen molar-refractivity contribution in [3.8, 4) is 0 Å². The zero-order valence-electron chi connectivity index (χ0n) is 13.0. The van der Waals surface area contributed by atoms with Crippen molar-refractivity contribution in [3.63, 3.8) is 0 Å². The van der Waals surface area contributed by atoms with Crippen LogP contribution < -0.4 is 5.32 Å². The molecule has 0 bridgehead atoms. The zero-order valence-corrected chi connectivity index (χ0v) is 13.0. The van der Waals surface area contributed by atoms with Crippen molar-refractivity contribution < 1.29 is 4.42 Å². The third-order valence-corrected chi connectivity index (χ3v) is 3.70. The second-order valence-electron chi connectivity index (χ2n) is 5.57.